The van der Waals surface area contributed by atoms with Gasteiger partial charge in [0, 0.05) is 24.1 Å². The first-order chi connectivity index (χ1) is 7.27. The highest BCUT2D eigenvalue weighted by Gasteiger charge is 2.07. The monoisotopic (exact) mass is 268 g/mol. The zero-order valence-electron chi connectivity index (χ0n) is 8.16. The zero-order valence-corrected chi connectivity index (χ0v) is 9.74. The van der Waals surface area contributed by atoms with E-state index in [0.717, 1.165) is 11.8 Å². The van der Waals surface area contributed by atoms with Crippen LogP contribution in [0.15, 0.2) is 12.4 Å². The van der Waals surface area contributed by atoms with Crippen LogP contribution < -0.4 is 0 Å². The van der Waals surface area contributed by atoms with E-state index in [0.29, 0.717) is 5.56 Å². The molecule has 0 saturated heterocycles. The lowest BCUT2D eigenvalue weighted by Gasteiger charge is -1.95. The lowest BCUT2D eigenvalue weighted by atomic mass is 10.3. The normalized spacial score (nSPS) is 8.93. The zero-order chi connectivity index (χ0) is 11.1. The third-order valence-corrected chi connectivity index (χ3v) is 1.87. The first-order valence-corrected chi connectivity index (χ1v) is 5.35. The molecule has 1 heterocycles. The van der Waals surface area contributed by atoms with Crippen LogP contribution in [-0.2, 0) is 4.74 Å². The maximum Gasteiger partial charge on any atom is 0.376 e. The summed E-state index contributed by atoms with van der Waals surface area (Å²) >= 11 is 3.27. The Morgan fingerprint density at radius 2 is 2.20 bits per heavy atom. The van der Waals surface area contributed by atoms with Gasteiger partial charge in [-0.3, -0.25) is 0 Å². The van der Waals surface area contributed by atoms with E-state index in [-0.39, 0.29) is 5.82 Å². The van der Waals surface area contributed by atoms with Crippen molar-refractivity contribution in [3.63, 3.8) is 0 Å². The maximum atomic E-state index is 11.0. The minimum Gasteiger partial charge on any atom is -0.463 e. The SMILES string of the molecule is COC(=O)c1ncc(C#CCCBr)cn1. The number of rotatable bonds is 2. The second kappa shape index (κ2) is 6.14. The number of carbonyl (C=O) groups is 1. The molecule has 0 atom stereocenters. The minimum atomic E-state index is -0.546. The Morgan fingerprint density at radius 3 is 2.73 bits per heavy atom. The molecule has 0 aliphatic carbocycles. The predicted molar refractivity (Wildman–Crippen MR) is 58.7 cm³/mol. The molecule has 78 valence electrons. The van der Waals surface area contributed by atoms with Crippen LogP contribution in [-0.4, -0.2) is 28.4 Å². The Hall–Kier alpha value is -1.41. The Kier molecular flexibility index (Phi) is 4.78. The Bertz CT molecular complexity index is 392. The number of hydrogen-bond acceptors (Lipinski definition) is 4. The molecule has 0 saturated carbocycles. The molecule has 0 amide bonds. The van der Waals surface area contributed by atoms with Crippen molar-refractivity contribution in [3.05, 3.63) is 23.8 Å². The van der Waals surface area contributed by atoms with Crippen molar-refractivity contribution in [2.45, 2.75) is 6.42 Å². The number of nitrogens with zero attached hydrogens (tertiary/aromatic N) is 2. The van der Waals surface area contributed by atoms with Gasteiger partial charge in [0.1, 0.15) is 0 Å². The average Bonchev–Trinajstić information content (AvgIpc) is 2.29. The van der Waals surface area contributed by atoms with Crippen molar-refractivity contribution < 1.29 is 9.53 Å². The Morgan fingerprint density at radius 1 is 1.53 bits per heavy atom. The van der Waals surface area contributed by atoms with Crippen molar-refractivity contribution in [3.8, 4) is 11.8 Å². The van der Waals surface area contributed by atoms with Gasteiger partial charge in [-0.05, 0) is 0 Å². The first-order valence-electron chi connectivity index (χ1n) is 4.23. The van der Waals surface area contributed by atoms with E-state index < -0.39 is 5.97 Å². The van der Waals surface area contributed by atoms with Gasteiger partial charge in [0.2, 0.25) is 5.82 Å². The lowest BCUT2D eigenvalue weighted by Crippen LogP contribution is -2.06. The highest BCUT2D eigenvalue weighted by atomic mass is 79.9. The fourth-order valence-corrected chi connectivity index (χ4v) is 0.999. The van der Waals surface area contributed by atoms with E-state index in [1.165, 1.54) is 19.5 Å². The van der Waals surface area contributed by atoms with Gasteiger partial charge in [-0.2, -0.15) is 0 Å². The number of carbonyl (C=O) groups excluding carboxylic acids is 1. The van der Waals surface area contributed by atoms with Crippen LogP contribution in [0.1, 0.15) is 22.6 Å². The first kappa shape index (κ1) is 11.7. The van der Waals surface area contributed by atoms with Gasteiger partial charge >= 0.3 is 5.97 Å². The summed E-state index contributed by atoms with van der Waals surface area (Å²) in [6, 6.07) is 0. The number of methoxy groups -OCH3 is 1. The molecule has 0 aliphatic rings. The van der Waals surface area contributed by atoms with Gasteiger partial charge in [0.15, 0.2) is 0 Å². The summed E-state index contributed by atoms with van der Waals surface area (Å²) in [7, 11) is 1.29. The molecule has 0 aliphatic heterocycles. The quantitative estimate of drug-likeness (QED) is 0.462. The maximum absolute atomic E-state index is 11.0. The van der Waals surface area contributed by atoms with E-state index >= 15 is 0 Å². The highest BCUT2D eigenvalue weighted by Crippen LogP contribution is 1.96. The fraction of sp³-hybridized carbons (Fsp3) is 0.300. The summed E-state index contributed by atoms with van der Waals surface area (Å²) in [4.78, 5) is 18.7. The van der Waals surface area contributed by atoms with Crippen molar-refractivity contribution >= 4 is 21.9 Å². The van der Waals surface area contributed by atoms with E-state index in [4.69, 9.17) is 0 Å². The number of halogens is 1. The molecular weight excluding hydrogens is 260 g/mol. The summed E-state index contributed by atoms with van der Waals surface area (Å²) in [5, 5.41) is 0.834. The molecule has 1 aromatic rings. The number of esters is 1. The largest absolute Gasteiger partial charge is 0.463 e. The predicted octanol–water partition coefficient (Wildman–Crippen LogP) is 1.40. The van der Waals surface area contributed by atoms with Crippen molar-refractivity contribution in [2.75, 3.05) is 12.4 Å². The molecule has 0 radical (unpaired) electrons. The van der Waals surface area contributed by atoms with Gasteiger partial charge in [-0.15, -0.1) is 0 Å². The fourth-order valence-electron chi connectivity index (χ4n) is 0.801. The molecule has 4 nitrogen and oxygen atoms in total. The second-order valence-electron chi connectivity index (χ2n) is 2.53. The molecule has 0 N–H and O–H groups in total. The van der Waals surface area contributed by atoms with Gasteiger partial charge in [0.05, 0.1) is 12.7 Å². The summed E-state index contributed by atoms with van der Waals surface area (Å²) in [5.74, 6) is 5.29. The van der Waals surface area contributed by atoms with Gasteiger partial charge in [-0.25, -0.2) is 14.8 Å². The van der Waals surface area contributed by atoms with Crippen LogP contribution in [0, 0.1) is 11.8 Å². The van der Waals surface area contributed by atoms with E-state index in [1.807, 2.05) is 0 Å². The molecule has 0 spiro atoms. The average molecular weight is 269 g/mol. The van der Waals surface area contributed by atoms with Crippen LogP contribution >= 0.6 is 15.9 Å². The number of ether oxygens (including phenoxy) is 1. The Labute approximate surface area is 96.2 Å². The summed E-state index contributed by atoms with van der Waals surface area (Å²) in [6.07, 6.45) is 3.76. The lowest BCUT2D eigenvalue weighted by molar-refractivity contribution is 0.0586. The smallest absolute Gasteiger partial charge is 0.376 e. The number of aromatic nitrogens is 2. The van der Waals surface area contributed by atoms with Gasteiger partial charge in [-0.1, -0.05) is 27.8 Å². The van der Waals surface area contributed by atoms with Gasteiger partial charge in [0.25, 0.3) is 0 Å². The molecule has 0 aromatic carbocycles. The van der Waals surface area contributed by atoms with Gasteiger partial charge < -0.3 is 4.74 Å². The number of alkyl halides is 1. The van der Waals surface area contributed by atoms with Crippen LogP contribution in [0.5, 0.6) is 0 Å². The molecule has 5 heteroatoms. The Balaban J connectivity index is 2.73. The molecule has 1 rings (SSSR count). The van der Waals surface area contributed by atoms with Crippen molar-refractivity contribution in [1.29, 1.82) is 0 Å². The number of hydrogen-bond donors (Lipinski definition) is 0. The van der Waals surface area contributed by atoms with Crippen LogP contribution in [0.25, 0.3) is 0 Å². The molecule has 1 aromatic heterocycles. The summed E-state index contributed by atoms with van der Waals surface area (Å²) in [5.41, 5.74) is 0.684. The van der Waals surface area contributed by atoms with Crippen LogP contribution in [0.2, 0.25) is 0 Å². The van der Waals surface area contributed by atoms with Crippen molar-refractivity contribution in [1.82, 2.24) is 9.97 Å². The van der Waals surface area contributed by atoms with Crippen LogP contribution in [0.3, 0.4) is 0 Å². The second-order valence-corrected chi connectivity index (χ2v) is 3.32. The molecule has 0 bridgehead atoms. The van der Waals surface area contributed by atoms with Crippen molar-refractivity contribution in [2.24, 2.45) is 0 Å². The molecule has 15 heavy (non-hydrogen) atoms. The van der Waals surface area contributed by atoms with E-state index in [9.17, 15) is 4.79 Å². The standard InChI is InChI=1S/C10H9BrN2O2/c1-15-10(14)9-12-6-8(7-13-9)4-2-3-5-11/h6-7H,3,5H2,1H3. The highest BCUT2D eigenvalue weighted by molar-refractivity contribution is 9.09. The molecular formula is C10H9BrN2O2. The minimum absolute atomic E-state index is 0.0449. The summed E-state index contributed by atoms with van der Waals surface area (Å²) < 4.78 is 4.47. The summed E-state index contributed by atoms with van der Waals surface area (Å²) in [6.45, 7) is 0. The molecule has 0 unspecified atom stereocenters. The molecule has 0 fully saturated rings. The van der Waals surface area contributed by atoms with E-state index in [1.54, 1.807) is 0 Å². The van der Waals surface area contributed by atoms with Crippen LogP contribution in [0.4, 0.5) is 0 Å². The third-order valence-electron chi connectivity index (χ3n) is 1.47. The topological polar surface area (TPSA) is 52.1 Å². The van der Waals surface area contributed by atoms with E-state index in [2.05, 4.69) is 42.5 Å². The third kappa shape index (κ3) is 3.68.